The van der Waals surface area contributed by atoms with Crippen molar-refractivity contribution in [3.63, 3.8) is 0 Å². The molecule has 0 saturated carbocycles. The van der Waals surface area contributed by atoms with Crippen molar-refractivity contribution < 1.29 is 13.2 Å². The van der Waals surface area contributed by atoms with Gasteiger partial charge in [0.2, 0.25) is 0 Å². The highest BCUT2D eigenvalue weighted by Gasteiger charge is 2.17. The van der Waals surface area contributed by atoms with Gasteiger partial charge in [-0.25, -0.2) is 13.4 Å². The molecule has 24 heavy (non-hydrogen) atoms. The van der Waals surface area contributed by atoms with Gasteiger partial charge in [-0.3, -0.25) is 4.98 Å². The lowest BCUT2D eigenvalue weighted by atomic mass is 9.95. The van der Waals surface area contributed by atoms with Crippen molar-refractivity contribution in [2.45, 2.75) is 24.3 Å². The molecule has 0 aromatic carbocycles. The number of sulfone groups is 1. The fourth-order valence-corrected chi connectivity index (χ4v) is 3.22. The summed E-state index contributed by atoms with van der Waals surface area (Å²) in [6, 6.07) is 8.95. The van der Waals surface area contributed by atoms with E-state index >= 15 is 0 Å². The first kappa shape index (κ1) is 16.4. The molecular weight excluding hydrogens is 324 g/mol. The summed E-state index contributed by atoms with van der Waals surface area (Å²) >= 11 is 0. The normalized spacial score (nSPS) is 17.4. The summed E-state index contributed by atoms with van der Waals surface area (Å²) in [5.41, 5.74) is 0.991. The Balaban J connectivity index is 1.70. The van der Waals surface area contributed by atoms with Gasteiger partial charge in [-0.05, 0) is 30.3 Å². The van der Waals surface area contributed by atoms with Crippen LogP contribution in [0.5, 0.6) is 5.75 Å². The van der Waals surface area contributed by atoms with Crippen molar-refractivity contribution >= 4 is 9.84 Å². The molecule has 0 aliphatic heterocycles. The number of allylic oxidation sites excluding steroid dienone is 4. The van der Waals surface area contributed by atoms with Gasteiger partial charge in [0.05, 0.1) is 11.9 Å². The van der Waals surface area contributed by atoms with Crippen molar-refractivity contribution in [2.24, 2.45) is 0 Å². The molecule has 0 fully saturated rings. The predicted molar refractivity (Wildman–Crippen MR) is 91.4 cm³/mol. The quantitative estimate of drug-likeness (QED) is 0.834. The predicted octanol–water partition coefficient (Wildman–Crippen LogP) is 3.28. The standard InChI is InChI=1S/C18H18N2O3S/c1-2-24(21,22)18-10-9-16(13-20-18)23-15-7-5-6-14(12-15)17-8-3-4-11-19-17/h3-11,13-14H,2,12H2,1H3. The van der Waals surface area contributed by atoms with Gasteiger partial charge in [-0.1, -0.05) is 25.1 Å². The summed E-state index contributed by atoms with van der Waals surface area (Å²) in [6.07, 6.45) is 9.85. The Kier molecular flexibility index (Phi) is 4.76. The highest BCUT2D eigenvalue weighted by atomic mass is 32.2. The minimum Gasteiger partial charge on any atom is -0.460 e. The van der Waals surface area contributed by atoms with Gasteiger partial charge in [-0.2, -0.15) is 0 Å². The zero-order valence-electron chi connectivity index (χ0n) is 13.3. The maximum Gasteiger partial charge on any atom is 0.195 e. The molecule has 1 atom stereocenters. The number of nitrogens with zero attached hydrogens (tertiary/aromatic N) is 2. The molecule has 0 spiro atoms. The van der Waals surface area contributed by atoms with Gasteiger partial charge in [0.25, 0.3) is 0 Å². The van der Waals surface area contributed by atoms with Crippen molar-refractivity contribution in [1.29, 1.82) is 0 Å². The van der Waals surface area contributed by atoms with Crippen molar-refractivity contribution in [1.82, 2.24) is 9.97 Å². The summed E-state index contributed by atoms with van der Waals surface area (Å²) in [4.78, 5) is 8.37. The van der Waals surface area contributed by atoms with Crippen molar-refractivity contribution in [3.05, 3.63) is 72.4 Å². The number of hydrogen-bond acceptors (Lipinski definition) is 5. The van der Waals surface area contributed by atoms with E-state index in [0.717, 1.165) is 11.5 Å². The summed E-state index contributed by atoms with van der Waals surface area (Å²) in [5, 5.41) is 0.0706. The van der Waals surface area contributed by atoms with Gasteiger partial charge in [-0.15, -0.1) is 0 Å². The van der Waals surface area contributed by atoms with Gasteiger partial charge in [0.15, 0.2) is 14.9 Å². The molecule has 1 aliphatic carbocycles. The van der Waals surface area contributed by atoms with Crippen LogP contribution in [0.3, 0.4) is 0 Å². The second-order valence-electron chi connectivity index (χ2n) is 5.42. The molecule has 1 aliphatic rings. The van der Waals surface area contributed by atoms with Gasteiger partial charge >= 0.3 is 0 Å². The van der Waals surface area contributed by atoms with Crippen LogP contribution in [0.2, 0.25) is 0 Å². The molecule has 3 rings (SSSR count). The molecule has 0 saturated heterocycles. The van der Waals surface area contributed by atoms with Crippen LogP contribution in [0.25, 0.3) is 0 Å². The maximum atomic E-state index is 11.8. The maximum absolute atomic E-state index is 11.8. The zero-order valence-corrected chi connectivity index (χ0v) is 14.1. The Hall–Kier alpha value is -2.47. The van der Waals surface area contributed by atoms with E-state index in [2.05, 4.69) is 16.0 Å². The largest absolute Gasteiger partial charge is 0.460 e. The first-order chi connectivity index (χ1) is 11.6. The first-order valence-corrected chi connectivity index (χ1v) is 9.38. The minimum atomic E-state index is -3.29. The van der Waals surface area contributed by atoms with Gasteiger partial charge in [0.1, 0.15) is 11.5 Å². The lowest BCUT2D eigenvalue weighted by Gasteiger charge is -2.18. The van der Waals surface area contributed by atoms with E-state index in [4.69, 9.17) is 4.74 Å². The monoisotopic (exact) mass is 342 g/mol. The van der Waals surface area contributed by atoms with E-state index < -0.39 is 9.84 Å². The summed E-state index contributed by atoms with van der Waals surface area (Å²) in [5.74, 6) is 1.51. The van der Waals surface area contributed by atoms with Crippen molar-refractivity contribution in [2.75, 3.05) is 5.75 Å². The average Bonchev–Trinajstić information content (AvgIpc) is 2.63. The molecule has 6 heteroatoms. The van der Waals surface area contributed by atoms with Crippen LogP contribution < -0.4 is 4.74 Å². The summed E-state index contributed by atoms with van der Waals surface area (Å²) in [7, 11) is -3.29. The molecule has 0 bridgehead atoms. The SMILES string of the molecule is CCS(=O)(=O)c1ccc(OC2=CC=CC(c3ccccn3)C2)cn1. The van der Waals surface area contributed by atoms with Crippen LogP contribution in [0.15, 0.2) is 71.7 Å². The van der Waals surface area contributed by atoms with Crippen LogP contribution >= 0.6 is 0 Å². The van der Waals surface area contributed by atoms with Crippen LogP contribution in [0.1, 0.15) is 25.0 Å². The first-order valence-electron chi connectivity index (χ1n) is 7.73. The Morgan fingerprint density at radius 2 is 2.08 bits per heavy atom. The molecule has 0 amide bonds. The van der Waals surface area contributed by atoms with Crippen LogP contribution in [0, 0.1) is 0 Å². The molecule has 0 N–H and O–H groups in total. The van der Waals surface area contributed by atoms with E-state index in [1.807, 2.05) is 30.4 Å². The highest BCUT2D eigenvalue weighted by Crippen LogP contribution is 2.28. The number of ether oxygens (including phenoxy) is 1. The van der Waals surface area contributed by atoms with Crippen LogP contribution in [-0.2, 0) is 9.84 Å². The van der Waals surface area contributed by atoms with E-state index in [0.29, 0.717) is 12.2 Å². The molecule has 5 nitrogen and oxygen atoms in total. The van der Waals surface area contributed by atoms with E-state index in [1.165, 1.54) is 12.3 Å². The topological polar surface area (TPSA) is 69.2 Å². The molecule has 2 heterocycles. The molecule has 0 radical (unpaired) electrons. The zero-order chi connectivity index (χ0) is 17.0. The van der Waals surface area contributed by atoms with E-state index in [1.54, 1.807) is 19.2 Å². The van der Waals surface area contributed by atoms with Crippen LogP contribution in [0.4, 0.5) is 0 Å². The third-order valence-corrected chi connectivity index (χ3v) is 5.41. The molecular formula is C18H18N2O3S. The Morgan fingerprint density at radius 3 is 2.75 bits per heavy atom. The van der Waals surface area contributed by atoms with Gasteiger partial charge in [0, 0.05) is 24.2 Å². The second kappa shape index (κ2) is 6.97. The Bertz CT molecular complexity index is 857. The lowest BCUT2D eigenvalue weighted by molar-refractivity contribution is 0.392. The second-order valence-corrected chi connectivity index (χ2v) is 7.65. The molecule has 2 aromatic heterocycles. The van der Waals surface area contributed by atoms with Crippen LogP contribution in [-0.4, -0.2) is 24.1 Å². The average molecular weight is 342 g/mol. The number of hydrogen-bond donors (Lipinski definition) is 0. The Labute approximate surface area is 141 Å². The third-order valence-electron chi connectivity index (χ3n) is 3.77. The van der Waals surface area contributed by atoms with Crippen molar-refractivity contribution in [3.8, 4) is 5.75 Å². The van der Waals surface area contributed by atoms with E-state index in [-0.39, 0.29) is 16.7 Å². The summed E-state index contributed by atoms with van der Waals surface area (Å²) in [6.45, 7) is 1.60. The molecule has 1 unspecified atom stereocenters. The fourth-order valence-electron chi connectivity index (χ4n) is 2.43. The summed E-state index contributed by atoms with van der Waals surface area (Å²) < 4.78 is 29.4. The van der Waals surface area contributed by atoms with Gasteiger partial charge < -0.3 is 4.74 Å². The number of rotatable bonds is 5. The number of aromatic nitrogens is 2. The molecule has 2 aromatic rings. The van der Waals surface area contributed by atoms with E-state index in [9.17, 15) is 8.42 Å². The minimum absolute atomic E-state index is 0.0297. The molecule has 124 valence electrons. The highest BCUT2D eigenvalue weighted by molar-refractivity contribution is 7.91. The fraction of sp³-hybridized carbons (Fsp3) is 0.222. The smallest absolute Gasteiger partial charge is 0.195 e. The lowest BCUT2D eigenvalue weighted by Crippen LogP contribution is -2.08. The Morgan fingerprint density at radius 1 is 1.21 bits per heavy atom. The third kappa shape index (κ3) is 3.71. The number of pyridine rings is 2.